The number of hydrogen-bond acceptors (Lipinski definition) is 5. The van der Waals surface area contributed by atoms with Crippen LogP contribution in [-0.2, 0) is 19.1 Å². The van der Waals surface area contributed by atoms with Gasteiger partial charge in [-0.25, -0.2) is 4.39 Å². The summed E-state index contributed by atoms with van der Waals surface area (Å²) in [5.41, 5.74) is 0.208. The Morgan fingerprint density at radius 1 is 1.04 bits per heavy atom. The molecule has 0 spiro atoms. The molecule has 25 heavy (non-hydrogen) atoms. The monoisotopic (exact) mass is 345 g/mol. The Kier molecular flexibility index (Phi) is 4.74. The zero-order valence-electron chi connectivity index (χ0n) is 13.3. The van der Waals surface area contributed by atoms with Crippen LogP contribution in [0.25, 0.3) is 0 Å². The number of esters is 1. The number of halogens is 1. The van der Waals surface area contributed by atoms with Gasteiger partial charge < -0.3 is 4.74 Å². The molecule has 130 valence electrons. The number of carbonyl (C=O) groups excluding carboxylic acids is 4. The van der Waals surface area contributed by atoms with Crippen molar-refractivity contribution < 1.29 is 28.3 Å². The van der Waals surface area contributed by atoms with Crippen LogP contribution in [0.4, 0.5) is 4.39 Å². The normalized spacial score (nSPS) is 22.0. The van der Waals surface area contributed by atoms with E-state index in [2.05, 4.69) is 0 Å². The molecule has 1 fully saturated rings. The fourth-order valence-electron chi connectivity index (χ4n) is 3.06. The van der Waals surface area contributed by atoms with Crippen molar-refractivity contribution in [2.75, 3.05) is 13.2 Å². The van der Waals surface area contributed by atoms with E-state index in [9.17, 15) is 23.6 Å². The minimum atomic E-state index is -0.830. The number of carbonyl (C=O) groups is 4. The summed E-state index contributed by atoms with van der Waals surface area (Å²) in [5, 5.41) is 0. The highest BCUT2D eigenvalue weighted by Gasteiger charge is 2.47. The van der Waals surface area contributed by atoms with Crippen molar-refractivity contribution in [2.45, 2.75) is 12.8 Å². The fourth-order valence-corrected chi connectivity index (χ4v) is 3.06. The number of rotatable bonds is 5. The second-order valence-corrected chi connectivity index (χ2v) is 6.01. The first kappa shape index (κ1) is 17.0. The molecule has 0 aromatic heterocycles. The summed E-state index contributed by atoms with van der Waals surface area (Å²) in [5.74, 6) is -3.37. The first-order valence-electron chi connectivity index (χ1n) is 7.92. The lowest BCUT2D eigenvalue weighted by molar-refractivity contribution is -0.152. The van der Waals surface area contributed by atoms with Crippen molar-refractivity contribution in [2.24, 2.45) is 11.8 Å². The van der Waals surface area contributed by atoms with E-state index in [-0.39, 0.29) is 17.4 Å². The maximum atomic E-state index is 12.8. The van der Waals surface area contributed by atoms with Crippen molar-refractivity contribution in [3.63, 3.8) is 0 Å². The minimum absolute atomic E-state index is 0.208. The van der Waals surface area contributed by atoms with Crippen LogP contribution >= 0.6 is 0 Å². The van der Waals surface area contributed by atoms with Gasteiger partial charge in [-0.1, -0.05) is 12.2 Å². The van der Waals surface area contributed by atoms with E-state index in [0.29, 0.717) is 12.8 Å². The molecule has 1 heterocycles. The third-order valence-electron chi connectivity index (χ3n) is 4.42. The molecule has 2 atom stereocenters. The van der Waals surface area contributed by atoms with Crippen LogP contribution in [0.2, 0.25) is 0 Å². The van der Waals surface area contributed by atoms with Crippen LogP contribution in [0.5, 0.6) is 0 Å². The van der Waals surface area contributed by atoms with E-state index in [1.807, 2.05) is 12.2 Å². The van der Waals surface area contributed by atoms with E-state index in [1.54, 1.807) is 0 Å². The fraction of sp³-hybridized carbons (Fsp3) is 0.333. The predicted octanol–water partition coefficient (Wildman–Crippen LogP) is 1.50. The van der Waals surface area contributed by atoms with Gasteiger partial charge in [-0.2, -0.15) is 0 Å². The average Bonchev–Trinajstić information content (AvgIpc) is 2.86. The van der Waals surface area contributed by atoms with Gasteiger partial charge in [0.1, 0.15) is 12.4 Å². The number of allylic oxidation sites excluding steroid dienone is 2. The molecule has 1 aliphatic carbocycles. The molecular formula is C18H16FNO5. The Hall–Kier alpha value is -2.83. The molecule has 7 heteroatoms. The zero-order valence-corrected chi connectivity index (χ0v) is 13.3. The highest BCUT2D eigenvalue weighted by molar-refractivity contribution is 6.07. The van der Waals surface area contributed by atoms with Crippen molar-refractivity contribution in [3.05, 3.63) is 47.8 Å². The van der Waals surface area contributed by atoms with Crippen molar-refractivity contribution in [3.8, 4) is 0 Å². The average molecular weight is 345 g/mol. The SMILES string of the molecule is O=C(CN1C(=O)[C@H]2CC=CC[C@H]2C1=O)OCC(=O)c1ccc(F)cc1. The smallest absolute Gasteiger partial charge is 0.326 e. The number of amides is 2. The molecule has 6 nitrogen and oxygen atoms in total. The highest BCUT2D eigenvalue weighted by Crippen LogP contribution is 2.34. The highest BCUT2D eigenvalue weighted by atomic mass is 19.1. The zero-order chi connectivity index (χ0) is 18.0. The summed E-state index contributed by atoms with van der Waals surface area (Å²) in [6.45, 7) is -1.03. The lowest BCUT2D eigenvalue weighted by Gasteiger charge is -2.14. The summed E-state index contributed by atoms with van der Waals surface area (Å²) in [7, 11) is 0. The molecule has 2 amide bonds. The van der Waals surface area contributed by atoms with Gasteiger partial charge in [0.05, 0.1) is 11.8 Å². The Morgan fingerprint density at radius 3 is 2.16 bits per heavy atom. The summed E-state index contributed by atoms with van der Waals surface area (Å²) in [6, 6.07) is 4.84. The largest absolute Gasteiger partial charge is 0.456 e. The van der Waals surface area contributed by atoms with Crippen LogP contribution in [0, 0.1) is 17.7 Å². The molecule has 1 aromatic carbocycles. The molecule has 0 bridgehead atoms. The molecule has 0 unspecified atom stereocenters. The minimum Gasteiger partial charge on any atom is -0.456 e. The molecule has 0 saturated carbocycles. The van der Waals surface area contributed by atoms with Gasteiger partial charge in [-0.05, 0) is 37.1 Å². The Labute approximate surface area is 143 Å². The molecular weight excluding hydrogens is 329 g/mol. The summed E-state index contributed by atoms with van der Waals surface area (Å²) in [4.78, 5) is 49.2. The lowest BCUT2D eigenvalue weighted by atomic mass is 9.85. The number of Topliss-reactive ketones (excluding diaryl/α,β-unsaturated/α-hetero) is 1. The van der Waals surface area contributed by atoms with Gasteiger partial charge in [-0.3, -0.25) is 24.1 Å². The summed E-state index contributed by atoms with van der Waals surface area (Å²) >= 11 is 0. The van der Waals surface area contributed by atoms with Crippen LogP contribution in [-0.4, -0.2) is 41.6 Å². The van der Waals surface area contributed by atoms with E-state index >= 15 is 0 Å². The summed E-state index contributed by atoms with van der Waals surface area (Å²) in [6.07, 6.45) is 4.69. The van der Waals surface area contributed by atoms with Gasteiger partial charge >= 0.3 is 5.97 Å². The molecule has 1 aromatic rings. The number of fused-ring (bicyclic) bond motifs is 1. The van der Waals surface area contributed by atoms with Gasteiger partial charge in [0.25, 0.3) is 0 Å². The maximum Gasteiger partial charge on any atom is 0.326 e. The number of ether oxygens (including phenoxy) is 1. The second kappa shape index (κ2) is 6.96. The molecule has 1 aliphatic heterocycles. The number of benzene rings is 1. The van der Waals surface area contributed by atoms with Gasteiger partial charge in [0, 0.05) is 5.56 Å². The number of nitrogens with zero attached hydrogens (tertiary/aromatic N) is 1. The number of ketones is 1. The standard InChI is InChI=1S/C18H16FNO5/c19-12-7-5-11(6-8-12)15(21)10-25-16(22)9-20-17(23)13-3-1-2-4-14(13)18(20)24/h1-2,5-8,13-14H,3-4,9-10H2/t13-,14+. The lowest BCUT2D eigenvalue weighted by Crippen LogP contribution is -2.37. The van der Waals surface area contributed by atoms with Crippen LogP contribution in [0.15, 0.2) is 36.4 Å². The van der Waals surface area contributed by atoms with Crippen molar-refractivity contribution in [1.29, 1.82) is 0 Å². The molecule has 3 rings (SSSR count). The van der Waals surface area contributed by atoms with E-state index in [4.69, 9.17) is 4.74 Å². The quantitative estimate of drug-likeness (QED) is 0.350. The molecule has 0 N–H and O–H groups in total. The maximum absolute atomic E-state index is 12.8. The molecule has 2 aliphatic rings. The van der Waals surface area contributed by atoms with Crippen LogP contribution in [0.1, 0.15) is 23.2 Å². The Morgan fingerprint density at radius 2 is 1.60 bits per heavy atom. The first-order chi connectivity index (χ1) is 12.0. The number of likely N-dealkylation sites (tertiary alicyclic amines) is 1. The van der Waals surface area contributed by atoms with E-state index in [1.165, 1.54) is 12.1 Å². The second-order valence-electron chi connectivity index (χ2n) is 6.01. The topological polar surface area (TPSA) is 80.8 Å². The first-order valence-corrected chi connectivity index (χ1v) is 7.92. The number of imide groups is 1. The van der Waals surface area contributed by atoms with Crippen LogP contribution in [0.3, 0.4) is 0 Å². The van der Waals surface area contributed by atoms with Crippen LogP contribution < -0.4 is 0 Å². The van der Waals surface area contributed by atoms with Crippen molar-refractivity contribution in [1.82, 2.24) is 4.90 Å². The van der Waals surface area contributed by atoms with Crippen molar-refractivity contribution >= 4 is 23.6 Å². The third kappa shape index (κ3) is 3.50. The third-order valence-corrected chi connectivity index (χ3v) is 4.42. The predicted molar refractivity (Wildman–Crippen MR) is 83.8 cm³/mol. The summed E-state index contributed by atoms with van der Waals surface area (Å²) < 4.78 is 17.7. The Balaban J connectivity index is 1.54. The van der Waals surface area contributed by atoms with Gasteiger partial charge in [0.2, 0.25) is 11.8 Å². The van der Waals surface area contributed by atoms with Gasteiger partial charge in [-0.15, -0.1) is 0 Å². The number of hydrogen-bond donors (Lipinski definition) is 0. The Bertz CT molecular complexity index is 729. The van der Waals surface area contributed by atoms with Gasteiger partial charge in [0.15, 0.2) is 12.4 Å². The molecule has 0 radical (unpaired) electrons. The van der Waals surface area contributed by atoms with E-state index in [0.717, 1.165) is 17.0 Å². The van der Waals surface area contributed by atoms with E-state index < -0.39 is 42.6 Å². The molecule has 1 saturated heterocycles.